The number of hydrogen-bond acceptors (Lipinski definition) is 4. The maximum atomic E-state index is 12.5. The Kier molecular flexibility index (Phi) is 3.40. The van der Waals surface area contributed by atoms with Crippen LogP contribution in [-0.2, 0) is 4.79 Å². The van der Waals surface area contributed by atoms with Crippen LogP contribution < -0.4 is 4.90 Å². The monoisotopic (exact) mass is 339 g/mol. The quantitative estimate of drug-likeness (QED) is 0.910. The Balaban J connectivity index is 1.56. The van der Waals surface area contributed by atoms with Crippen LogP contribution >= 0.6 is 0 Å². The van der Waals surface area contributed by atoms with Crippen LogP contribution in [0.15, 0.2) is 18.6 Å². The summed E-state index contributed by atoms with van der Waals surface area (Å²) in [4.78, 5) is 27.1. The molecule has 0 aromatic carbocycles. The lowest BCUT2D eigenvalue weighted by molar-refractivity contribution is -0.163. The van der Waals surface area contributed by atoms with Gasteiger partial charge in [-0.1, -0.05) is 0 Å². The molecule has 0 spiro atoms. The zero-order valence-electron chi connectivity index (χ0n) is 12.8. The molecule has 2 aromatic rings. The maximum absolute atomic E-state index is 12.5. The highest BCUT2D eigenvalue weighted by molar-refractivity contribution is 5.87. The van der Waals surface area contributed by atoms with E-state index in [9.17, 15) is 18.0 Å². The van der Waals surface area contributed by atoms with E-state index in [1.165, 1.54) is 11.2 Å². The number of halogens is 3. The van der Waals surface area contributed by atoms with Crippen LogP contribution in [-0.4, -0.2) is 57.1 Å². The van der Waals surface area contributed by atoms with Gasteiger partial charge < -0.3 is 14.8 Å². The average Bonchev–Trinajstić information content (AvgIpc) is 3.07. The van der Waals surface area contributed by atoms with Crippen molar-refractivity contribution in [2.24, 2.45) is 0 Å². The molecule has 4 heterocycles. The van der Waals surface area contributed by atoms with E-state index in [-0.39, 0.29) is 12.1 Å². The van der Waals surface area contributed by atoms with E-state index < -0.39 is 18.5 Å². The predicted octanol–water partition coefficient (Wildman–Crippen LogP) is 2.09. The lowest BCUT2D eigenvalue weighted by Gasteiger charge is -2.41. The fourth-order valence-corrected chi connectivity index (χ4v) is 3.86. The number of fused-ring (bicyclic) bond motifs is 3. The van der Waals surface area contributed by atoms with Gasteiger partial charge in [-0.3, -0.25) is 4.79 Å². The molecule has 128 valence electrons. The second-order valence-corrected chi connectivity index (χ2v) is 6.32. The SMILES string of the molecule is O=C(CC(F)(F)F)N1C2CCC1CN(c1ncnc3[nH]ccc13)C2. The Hall–Kier alpha value is -2.32. The first kappa shape index (κ1) is 15.2. The van der Waals surface area contributed by atoms with Gasteiger partial charge in [0.05, 0.1) is 5.39 Å². The molecule has 2 fully saturated rings. The molecule has 0 aliphatic carbocycles. The number of anilines is 1. The van der Waals surface area contributed by atoms with Crippen LogP contribution in [0.3, 0.4) is 0 Å². The van der Waals surface area contributed by atoms with Crippen molar-refractivity contribution in [2.45, 2.75) is 37.5 Å². The van der Waals surface area contributed by atoms with Crippen LogP contribution in [0.5, 0.6) is 0 Å². The van der Waals surface area contributed by atoms with Crippen molar-refractivity contribution in [1.82, 2.24) is 19.9 Å². The molecule has 2 aromatic heterocycles. The summed E-state index contributed by atoms with van der Waals surface area (Å²) in [7, 11) is 0. The Labute approximate surface area is 135 Å². The Morgan fingerprint density at radius 1 is 1.25 bits per heavy atom. The van der Waals surface area contributed by atoms with Crippen molar-refractivity contribution in [2.75, 3.05) is 18.0 Å². The maximum Gasteiger partial charge on any atom is 0.397 e. The second-order valence-electron chi connectivity index (χ2n) is 6.32. The van der Waals surface area contributed by atoms with Crippen LogP contribution in [0, 0.1) is 0 Å². The normalized spacial score (nSPS) is 24.0. The van der Waals surface area contributed by atoms with E-state index in [4.69, 9.17) is 0 Å². The number of carbonyl (C=O) groups is 1. The molecule has 0 radical (unpaired) electrons. The van der Waals surface area contributed by atoms with Crippen molar-refractivity contribution in [1.29, 1.82) is 0 Å². The lowest BCUT2D eigenvalue weighted by atomic mass is 10.1. The van der Waals surface area contributed by atoms with Gasteiger partial charge >= 0.3 is 6.18 Å². The number of aromatic amines is 1. The summed E-state index contributed by atoms with van der Waals surface area (Å²) in [5.74, 6) is -0.0507. The number of carbonyl (C=O) groups excluding carboxylic acids is 1. The summed E-state index contributed by atoms with van der Waals surface area (Å²) in [6.45, 7) is 0.995. The molecule has 2 saturated heterocycles. The van der Waals surface area contributed by atoms with Crippen molar-refractivity contribution in [3.8, 4) is 0 Å². The van der Waals surface area contributed by atoms with E-state index in [0.29, 0.717) is 13.1 Å². The van der Waals surface area contributed by atoms with Gasteiger partial charge in [-0.05, 0) is 18.9 Å². The first-order valence-corrected chi connectivity index (χ1v) is 7.83. The highest BCUT2D eigenvalue weighted by Crippen LogP contribution is 2.35. The van der Waals surface area contributed by atoms with Gasteiger partial charge in [0.1, 0.15) is 24.2 Å². The van der Waals surface area contributed by atoms with E-state index >= 15 is 0 Å². The molecule has 1 N–H and O–H groups in total. The van der Waals surface area contributed by atoms with Crippen molar-refractivity contribution >= 4 is 22.8 Å². The molecule has 2 aliphatic rings. The minimum absolute atomic E-state index is 0.192. The highest BCUT2D eigenvalue weighted by Gasteiger charge is 2.45. The molecule has 1 amide bonds. The number of nitrogens with zero attached hydrogens (tertiary/aromatic N) is 4. The minimum atomic E-state index is -4.46. The lowest BCUT2D eigenvalue weighted by Crippen LogP contribution is -2.56. The Bertz CT molecular complexity index is 760. The second kappa shape index (κ2) is 5.35. The van der Waals surface area contributed by atoms with Gasteiger partial charge in [0, 0.05) is 31.4 Å². The minimum Gasteiger partial charge on any atom is -0.352 e. The van der Waals surface area contributed by atoms with Crippen LogP contribution in [0.25, 0.3) is 11.0 Å². The van der Waals surface area contributed by atoms with Gasteiger partial charge in [0.15, 0.2) is 0 Å². The average molecular weight is 339 g/mol. The molecule has 2 bridgehead atoms. The molecule has 0 saturated carbocycles. The molecule has 6 nitrogen and oxygen atoms in total. The standard InChI is InChI=1S/C15H16F3N5O/c16-15(17,18)5-12(24)23-9-1-2-10(23)7-22(6-9)14-11-3-4-19-13(11)20-8-21-14/h3-4,8-10H,1-2,5-7H2,(H,19,20,21). The number of H-pyrrole nitrogens is 1. The zero-order valence-corrected chi connectivity index (χ0v) is 12.8. The summed E-state index contributed by atoms with van der Waals surface area (Å²) in [6.07, 6.45) is -1.14. The number of hydrogen-bond donors (Lipinski definition) is 1. The predicted molar refractivity (Wildman–Crippen MR) is 80.4 cm³/mol. The molecule has 2 aliphatic heterocycles. The third kappa shape index (κ3) is 2.57. The fourth-order valence-electron chi connectivity index (χ4n) is 3.86. The largest absolute Gasteiger partial charge is 0.397 e. The van der Waals surface area contributed by atoms with Gasteiger partial charge in [-0.2, -0.15) is 13.2 Å². The van der Waals surface area contributed by atoms with Crippen LogP contribution in [0.1, 0.15) is 19.3 Å². The number of piperazine rings is 1. The summed E-state index contributed by atoms with van der Waals surface area (Å²) in [5, 5.41) is 0.881. The van der Waals surface area contributed by atoms with E-state index in [1.54, 1.807) is 6.20 Å². The van der Waals surface area contributed by atoms with Gasteiger partial charge in [-0.25, -0.2) is 9.97 Å². The first-order valence-electron chi connectivity index (χ1n) is 7.83. The highest BCUT2D eigenvalue weighted by atomic mass is 19.4. The van der Waals surface area contributed by atoms with Crippen LogP contribution in [0.2, 0.25) is 0 Å². The van der Waals surface area contributed by atoms with Gasteiger partial charge in [-0.15, -0.1) is 0 Å². The smallest absolute Gasteiger partial charge is 0.352 e. The summed E-state index contributed by atoms with van der Waals surface area (Å²) in [6, 6.07) is 1.50. The van der Waals surface area contributed by atoms with E-state index in [1.807, 2.05) is 6.07 Å². The topological polar surface area (TPSA) is 65.1 Å². The summed E-state index contributed by atoms with van der Waals surface area (Å²) < 4.78 is 37.6. The van der Waals surface area contributed by atoms with Crippen molar-refractivity contribution in [3.05, 3.63) is 18.6 Å². The third-order valence-electron chi connectivity index (χ3n) is 4.75. The molecule has 2 unspecified atom stereocenters. The van der Waals surface area contributed by atoms with E-state index in [2.05, 4.69) is 19.9 Å². The van der Waals surface area contributed by atoms with Gasteiger partial charge in [0.25, 0.3) is 0 Å². The van der Waals surface area contributed by atoms with Crippen LogP contribution in [0.4, 0.5) is 19.0 Å². The molecule has 4 rings (SSSR count). The molecule has 9 heteroatoms. The zero-order chi connectivity index (χ0) is 16.9. The fraction of sp³-hybridized carbons (Fsp3) is 0.533. The number of amides is 1. The number of alkyl halides is 3. The summed E-state index contributed by atoms with van der Waals surface area (Å²) in [5.41, 5.74) is 0.725. The molecular weight excluding hydrogens is 323 g/mol. The molecular formula is C15H16F3N5O. The number of rotatable bonds is 2. The van der Waals surface area contributed by atoms with Gasteiger partial charge in [0.2, 0.25) is 5.91 Å². The number of aromatic nitrogens is 3. The Morgan fingerprint density at radius 3 is 2.62 bits per heavy atom. The molecule has 24 heavy (non-hydrogen) atoms. The number of nitrogens with one attached hydrogen (secondary N) is 1. The Morgan fingerprint density at radius 2 is 1.96 bits per heavy atom. The summed E-state index contributed by atoms with van der Waals surface area (Å²) >= 11 is 0. The van der Waals surface area contributed by atoms with Crippen molar-refractivity contribution in [3.63, 3.8) is 0 Å². The van der Waals surface area contributed by atoms with E-state index in [0.717, 1.165) is 29.7 Å². The first-order chi connectivity index (χ1) is 11.4. The third-order valence-corrected chi connectivity index (χ3v) is 4.75. The van der Waals surface area contributed by atoms with Crippen molar-refractivity contribution < 1.29 is 18.0 Å². The molecule has 2 atom stereocenters.